The highest BCUT2D eigenvalue weighted by atomic mass is 19.1. The van der Waals surface area contributed by atoms with Gasteiger partial charge in [0, 0.05) is 26.4 Å². The van der Waals surface area contributed by atoms with Crippen molar-refractivity contribution in [2.75, 3.05) is 24.4 Å². The van der Waals surface area contributed by atoms with Crippen LogP contribution < -0.4 is 10.6 Å². The van der Waals surface area contributed by atoms with Gasteiger partial charge in [-0.25, -0.2) is 23.1 Å². The van der Waals surface area contributed by atoms with E-state index in [9.17, 15) is 18.4 Å². The highest BCUT2D eigenvalue weighted by molar-refractivity contribution is 5.61. The van der Waals surface area contributed by atoms with Crippen LogP contribution in [-0.4, -0.2) is 33.2 Å². The lowest BCUT2D eigenvalue weighted by Gasteiger charge is -2.20. The first kappa shape index (κ1) is 20.1. The summed E-state index contributed by atoms with van der Waals surface area (Å²) in [6.45, 7) is -0.0670. The summed E-state index contributed by atoms with van der Waals surface area (Å²) < 4.78 is 48.4. The summed E-state index contributed by atoms with van der Waals surface area (Å²) in [7, 11) is 3.13. The van der Waals surface area contributed by atoms with Crippen LogP contribution in [-0.2, 0) is 11.8 Å². The predicted octanol–water partition coefficient (Wildman–Crippen LogP) is 3.04. The number of nitriles is 1. The fraction of sp³-hybridized carbons (Fsp3) is 0.222. The summed E-state index contributed by atoms with van der Waals surface area (Å²) in [6.07, 6.45) is 3.98. The quantitative estimate of drug-likeness (QED) is 0.625. The van der Waals surface area contributed by atoms with E-state index in [1.165, 1.54) is 13.4 Å². The molecule has 0 saturated carbocycles. The van der Waals surface area contributed by atoms with Crippen LogP contribution >= 0.6 is 0 Å². The van der Waals surface area contributed by atoms with Crippen LogP contribution in [0.2, 0.25) is 0 Å². The van der Waals surface area contributed by atoms with Gasteiger partial charge in [0.05, 0.1) is 30.7 Å². The van der Waals surface area contributed by atoms with Gasteiger partial charge < -0.3 is 19.9 Å². The van der Waals surface area contributed by atoms with Gasteiger partial charge in [-0.05, 0) is 6.07 Å². The maximum Gasteiger partial charge on any atom is 0.170 e. The van der Waals surface area contributed by atoms with Crippen molar-refractivity contribution in [2.45, 2.75) is 6.04 Å². The number of aryl methyl sites for hydroxylation is 1. The first-order valence-corrected chi connectivity index (χ1v) is 8.33. The smallest absolute Gasteiger partial charge is 0.170 e. The Morgan fingerprint density at radius 1 is 1.21 bits per heavy atom. The van der Waals surface area contributed by atoms with Crippen LogP contribution in [0.4, 0.5) is 30.6 Å². The van der Waals surface area contributed by atoms with Crippen molar-refractivity contribution in [1.29, 1.82) is 5.26 Å². The minimum atomic E-state index is -0.909. The molecule has 0 fully saturated rings. The van der Waals surface area contributed by atoms with E-state index in [1.54, 1.807) is 17.8 Å². The van der Waals surface area contributed by atoms with Gasteiger partial charge in [0.2, 0.25) is 0 Å². The fourth-order valence-electron chi connectivity index (χ4n) is 2.57. The molecule has 0 aliphatic rings. The largest absolute Gasteiger partial charge is 0.382 e. The van der Waals surface area contributed by atoms with Gasteiger partial charge in [0.15, 0.2) is 11.6 Å². The molecule has 3 heterocycles. The fourth-order valence-corrected chi connectivity index (χ4v) is 2.57. The van der Waals surface area contributed by atoms with Crippen molar-refractivity contribution in [3.8, 4) is 6.07 Å². The third-order valence-electron chi connectivity index (χ3n) is 3.86. The van der Waals surface area contributed by atoms with Crippen LogP contribution in [0.25, 0.3) is 0 Å². The molecule has 0 aromatic carbocycles. The molecule has 3 aromatic rings. The average molecular weight is 403 g/mol. The molecule has 0 bridgehead atoms. The van der Waals surface area contributed by atoms with E-state index < -0.39 is 23.5 Å². The third-order valence-corrected chi connectivity index (χ3v) is 3.86. The van der Waals surface area contributed by atoms with E-state index in [0.29, 0.717) is 11.9 Å². The van der Waals surface area contributed by atoms with Gasteiger partial charge in [-0.2, -0.15) is 5.26 Å². The van der Waals surface area contributed by atoms with E-state index in [0.717, 1.165) is 12.3 Å². The number of ether oxygens (including phenoxy) is 1. The number of hydrogen-bond acceptors (Lipinski definition) is 7. The summed E-state index contributed by atoms with van der Waals surface area (Å²) in [5.74, 6) is -2.37. The van der Waals surface area contributed by atoms with Crippen molar-refractivity contribution >= 4 is 17.5 Å². The van der Waals surface area contributed by atoms with Crippen LogP contribution in [0.5, 0.6) is 0 Å². The molecule has 3 rings (SSSR count). The maximum absolute atomic E-state index is 14.3. The molecule has 0 amide bonds. The number of nitrogens with zero attached hydrogens (tertiary/aromatic N) is 5. The lowest BCUT2D eigenvalue weighted by molar-refractivity contribution is 0.183. The summed E-state index contributed by atoms with van der Waals surface area (Å²) in [4.78, 5) is 11.9. The highest BCUT2D eigenvalue weighted by Crippen LogP contribution is 2.26. The first-order valence-electron chi connectivity index (χ1n) is 8.33. The standard InChI is InChI=1S/C18H16F3N7O/c1-28-7-15(24-9-28)26-18-13(21)3-10(5-22)17(27-18)25-14(8-29-2)16-12(20)4-11(19)6-23-16/h3-4,6-7,9,14H,8H2,1-2H3,(H2,25,26,27)/t14-/m0/s1. The topological polar surface area (TPSA) is 101 Å². The monoisotopic (exact) mass is 403 g/mol. The van der Waals surface area contributed by atoms with Gasteiger partial charge in [-0.1, -0.05) is 0 Å². The van der Waals surface area contributed by atoms with Crippen molar-refractivity contribution in [2.24, 2.45) is 7.05 Å². The molecular weight excluding hydrogens is 387 g/mol. The van der Waals surface area contributed by atoms with Crippen molar-refractivity contribution in [3.63, 3.8) is 0 Å². The Hall–Kier alpha value is -3.65. The number of anilines is 3. The summed E-state index contributed by atoms with van der Waals surface area (Å²) in [5.41, 5.74) is -0.250. The van der Waals surface area contributed by atoms with Crippen LogP contribution in [0.3, 0.4) is 0 Å². The van der Waals surface area contributed by atoms with Gasteiger partial charge in [0.25, 0.3) is 0 Å². The molecule has 0 spiro atoms. The van der Waals surface area contributed by atoms with Crippen LogP contribution in [0.1, 0.15) is 17.3 Å². The van der Waals surface area contributed by atoms with Gasteiger partial charge in [0.1, 0.15) is 35.0 Å². The molecule has 8 nitrogen and oxygen atoms in total. The number of nitrogens with one attached hydrogen (secondary N) is 2. The molecule has 0 unspecified atom stereocenters. The normalized spacial score (nSPS) is 11.7. The number of pyridine rings is 2. The molecular formula is C18H16F3N7O. The number of aromatic nitrogens is 4. The minimum Gasteiger partial charge on any atom is -0.382 e. The number of rotatable bonds is 7. The number of imidazole rings is 1. The average Bonchev–Trinajstić information content (AvgIpc) is 3.08. The molecule has 1 atom stereocenters. The summed E-state index contributed by atoms with van der Waals surface area (Å²) in [6, 6.07) is 2.59. The van der Waals surface area contributed by atoms with Crippen molar-refractivity contribution < 1.29 is 17.9 Å². The number of methoxy groups -OCH3 is 1. The van der Waals surface area contributed by atoms with Crippen molar-refractivity contribution in [1.82, 2.24) is 19.5 Å². The van der Waals surface area contributed by atoms with Gasteiger partial charge in [-0.15, -0.1) is 0 Å². The molecule has 0 aliphatic carbocycles. The SMILES string of the molecule is COC[C@H](Nc1nc(Nc2cn(C)cn2)c(F)cc1C#N)c1ncc(F)cc1F. The first-order chi connectivity index (χ1) is 13.9. The van der Waals surface area contributed by atoms with E-state index in [2.05, 4.69) is 25.6 Å². The van der Waals surface area contributed by atoms with Crippen molar-refractivity contribution in [3.05, 3.63) is 59.6 Å². The third kappa shape index (κ3) is 4.61. The molecule has 3 aromatic heterocycles. The molecule has 0 aliphatic heterocycles. The number of hydrogen-bond donors (Lipinski definition) is 2. The number of halogens is 3. The highest BCUT2D eigenvalue weighted by Gasteiger charge is 2.22. The molecule has 150 valence electrons. The van der Waals surface area contributed by atoms with Gasteiger partial charge >= 0.3 is 0 Å². The van der Waals surface area contributed by atoms with Crippen LogP contribution in [0.15, 0.2) is 30.9 Å². The molecule has 0 radical (unpaired) electrons. The van der Waals surface area contributed by atoms with E-state index in [-0.39, 0.29) is 29.5 Å². The zero-order chi connectivity index (χ0) is 21.0. The second-order valence-electron chi connectivity index (χ2n) is 6.05. The zero-order valence-electron chi connectivity index (χ0n) is 15.4. The summed E-state index contributed by atoms with van der Waals surface area (Å²) >= 11 is 0. The van der Waals surface area contributed by atoms with Crippen LogP contribution in [0, 0.1) is 28.8 Å². The van der Waals surface area contributed by atoms with E-state index in [1.807, 2.05) is 6.07 Å². The molecule has 2 N–H and O–H groups in total. The van der Waals surface area contributed by atoms with E-state index in [4.69, 9.17) is 4.74 Å². The Morgan fingerprint density at radius 2 is 2.00 bits per heavy atom. The Balaban J connectivity index is 1.96. The lowest BCUT2D eigenvalue weighted by Crippen LogP contribution is -2.21. The Morgan fingerprint density at radius 3 is 2.62 bits per heavy atom. The Labute approximate surface area is 164 Å². The summed E-state index contributed by atoms with van der Waals surface area (Å²) in [5, 5.41) is 14.9. The molecule has 29 heavy (non-hydrogen) atoms. The van der Waals surface area contributed by atoms with E-state index >= 15 is 0 Å². The molecule has 11 heteroatoms. The zero-order valence-corrected chi connectivity index (χ0v) is 15.4. The Kier molecular flexibility index (Phi) is 5.94. The predicted molar refractivity (Wildman–Crippen MR) is 97.8 cm³/mol. The maximum atomic E-state index is 14.3. The Bertz CT molecular complexity index is 1060. The second-order valence-corrected chi connectivity index (χ2v) is 6.05. The lowest BCUT2D eigenvalue weighted by atomic mass is 10.1. The minimum absolute atomic E-state index is 0.0279. The molecule has 0 saturated heterocycles. The van der Waals surface area contributed by atoms with Gasteiger partial charge in [-0.3, -0.25) is 4.98 Å². The second kappa shape index (κ2) is 8.57.